The predicted octanol–water partition coefficient (Wildman–Crippen LogP) is 3.53. The van der Waals surface area contributed by atoms with E-state index in [1.807, 2.05) is 31.2 Å². The van der Waals surface area contributed by atoms with Crippen molar-refractivity contribution in [3.8, 4) is 17.2 Å². The number of benzene rings is 2. The minimum atomic E-state index is 0.0189. The Labute approximate surface area is 159 Å². The molecule has 142 valence electrons. The van der Waals surface area contributed by atoms with Gasteiger partial charge in [0, 0.05) is 24.6 Å². The summed E-state index contributed by atoms with van der Waals surface area (Å²) in [6.45, 7) is 3.16. The van der Waals surface area contributed by atoms with E-state index in [1.165, 1.54) is 11.1 Å². The Kier molecular flexibility index (Phi) is 4.66. The molecule has 0 amide bonds. The molecule has 2 heterocycles. The second-order valence-electron chi connectivity index (χ2n) is 7.08. The van der Waals surface area contributed by atoms with Gasteiger partial charge in [-0.05, 0) is 37.6 Å². The number of likely N-dealkylation sites (N-methyl/N-ethyl adjacent to an activating group) is 1. The van der Waals surface area contributed by atoms with Crippen molar-refractivity contribution in [2.75, 3.05) is 27.5 Å². The van der Waals surface area contributed by atoms with Gasteiger partial charge in [0.05, 0.1) is 12.8 Å². The van der Waals surface area contributed by atoms with Gasteiger partial charge in [0.2, 0.25) is 12.5 Å². The standard InChI is InChI=1S/C21H24N2O4/c1-13-4-6-14(7-5-13)16(22-24)11-17-19-15(8-9-23(17)2)10-18-20(21(19)25-3)27-12-26-18/h4-7,10,17,24H,8-9,11-12H2,1-3H3/t17-/m0/s1. The Morgan fingerprint density at radius 2 is 2.07 bits per heavy atom. The lowest BCUT2D eigenvalue weighted by atomic mass is 9.87. The van der Waals surface area contributed by atoms with E-state index in [0.29, 0.717) is 17.9 Å². The fourth-order valence-electron chi connectivity index (χ4n) is 3.93. The van der Waals surface area contributed by atoms with Gasteiger partial charge in [0.25, 0.3) is 0 Å². The van der Waals surface area contributed by atoms with Gasteiger partial charge < -0.3 is 19.4 Å². The Morgan fingerprint density at radius 1 is 1.30 bits per heavy atom. The first-order valence-corrected chi connectivity index (χ1v) is 9.10. The van der Waals surface area contributed by atoms with Crippen LogP contribution >= 0.6 is 0 Å². The molecule has 27 heavy (non-hydrogen) atoms. The molecular weight excluding hydrogens is 344 g/mol. The van der Waals surface area contributed by atoms with Crippen LogP contribution in [0.25, 0.3) is 0 Å². The number of aryl methyl sites for hydroxylation is 1. The highest BCUT2D eigenvalue weighted by Crippen LogP contribution is 2.50. The van der Waals surface area contributed by atoms with Crippen LogP contribution in [0.4, 0.5) is 0 Å². The van der Waals surface area contributed by atoms with E-state index >= 15 is 0 Å². The number of ether oxygens (including phenoxy) is 3. The first-order chi connectivity index (χ1) is 13.1. The molecule has 0 saturated heterocycles. The Bertz CT molecular complexity index is 877. The highest BCUT2D eigenvalue weighted by atomic mass is 16.7. The second-order valence-corrected chi connectivity index (χ2v) is 7.08. The topological polar surface area (TPSA) is 63.5 Å². The first-order valence-electron chi connectivity index (χ1n) is 9.10. The van der Waals surface area contributed by atoms with Crippen molar-refractivity contribution >= 4 is 5.71 Å². The molecule has 0 unspecified atom stereocenters. The van der Waals surface area contributed by atoms with Crippen LogP contribution in [0, 0.1) is 6.92 Å². The van der Waals surface area contributed by atoms with Crippen molar-refractivity contribution in [2.24, 2.45) is 5.16 Å². The molecule has 0 bridgehead atoms. The summed E-state index contributed by atoms with van der Waals surface area (Å²) in [4.78, 5) is 2.27. The van der Waals surface area contributed by atoms with Crippen LogP contribution in [-0.2, 0) is 6.42 Å². The molecule has 0 saturated carbocycles. The number of rotatable bonds is 4. The van der Waals surface area contributed by atoms with E-state index in [4.69, 9.17) is 14.2 Å². The molecule has 0 aliphatic carbocycles. The van der Waals surface area contributed by atoms with Crippen molar-refractivity contribution in [3.05, 3.63) is 52.6 Å². The molecule has 1 atom stereocenters. The van der Waals surface area contributed by atoms with Crippen molar-refractivity contribution < 1.29 is 19.4 Å². The van der Waals surface area contributed by atoms with Crippen molar-refractivity contribution in [2.45, 2.75) is 25.8 Å². The maximum absolute atomic E-state index is 9.69. The van der Waals surface area contributed by atoms with Gasteiger partial charge >= 0.3 is 0 Å². The summed E-state index contributed by atoms with van der Waals surface area (Å²) in [6, 6.07) is 10.1. The molecule has 4 rings (SSSR count). The largest absolute Gasteiger partial charge is 0.492 e. The minimum Gasteiger partial charge on any atom is -0.492 e. The third-order valence-electron chi connectivity index (χ3n) is 5.44. The molecular formula is C21H24N2O4. The highest BCUT2D eigenvalue weighted by molar-refractivity contribution is 6.00. The number of hydrogen-bond donors (Lipinski definition) is 1. The predicted molar refractivity (Wildman–Crippen MR) is 102 cm³/mol. The zero-order chi connectivity index (χ0) is 19.0. The Balaban J connectivity index is 1.75. The smallest absolute Gasteiger partial charge is 0.231 e. The lowest BCUT2D eigenvalue weighted by molar-refractivity contribution is 0.170. The zero-order valence-corrected chi connectivity index (χ0v) is 15.9. The summed E-state index contributed by atoms with van der Waals surface area (Å²) >= 11 is 0. The highest BCUT2D eigenvalue weighted by Gasteiger charge is 2.34. The third-order valence-corrected chi connectivity index (χ3v) is 5.44. The number of nitrogens with zero attached hydrogens (tertiary/aromatic N) is 2. The molecule has 2 aromatic carbocycles. The van der Waals surface area contributed by atoms with Gasteiger partial charge in [-0.25, -0.2) is 0 Å². The molecule has 2 aromatic rings. The van der Waals surface area contributed by atoms with Crippen molar-refractivity contribution in [1.29, 1.82) is 0 Å². The van der Waals surface area contributed by atoms with Crippen LogP contribution in [0.5, 0.6) is 17.2 Å². The lowest BCUT2D eigenvalue weighted by Crippen LogP contribution is -2.34. The fourth-order valence-corrected chi connectivity index (χ4v) is 3.93. The van der Waals surface area contributed by atoms with Crippen LogP contribution in [0.1, 0.15) is 34.7 Å². The van der Waals surface area contributed by atoms with Crippen LogP contribution in [0.15, 0.2) is 35.5 Å². The van der Waals surface area contributed by atoms with Gasteiger partial charge in [-0.15, -0.1) is 0 Å². The van der Waals surface area contributed by atoms with Crippen molar-refractivity contribution in [3.63, 3.8) is 0 Å². The molecule has 0 aromatic heterocycles. The lowest BCUT2D eigenvalue weighted by Gasteiger charge is -2.36. The van der Waals surface area contributed by atoms with Crippen LogP contribution in [0.2, 0.25) is 0 Å². The summed E-state index contributed by atoms with van der Waals surface area (Å²) in [5.74, 6) is 2.12. The Hall–Kier alpha value is -2.73. The van der Waals surface area contributed by atoms with Crippen LogP contribution < -0.4 is 14.2 Å². The minimum absolute atomic E-state index is 0.0189. The van der Waals surface area contributed by atoms with E-state index in [1.54, 1.807) is 7.11 Å². The molecule has 1 N–H and O–H groups in total. The molecule has 2 aliphatic heterocycles. The molecule has 0 fully saturated rings. The summed E-state index contributed by atoms with van der Waals surface area (Å²) in [5, 5.41) is 13.3. The van der Waals surface area contributed by atoms with Gasteiger partial charge in [0.1, 0.15) is 0 Å². The van der Waals surface area contributed by atoms with E-state index in [9.17, 15) is 5.21 Å². The van der Waals surface area contributed by atoms with Gasteiger partial charge in [-0.2, -0.15) is 0 Å². The zero-order valence-electron chi connectivity index (χ0n) is 15.9. The van der Waals surface area contributed by atoms with Crippen LogP contribution in [-0.4, -0.2) is 43.3 Å². The number of fused-ring (bicyclic) bond motifs is 2. The van der Waals surface area contributed by atoms with Gasteiger partial charge in [-0.3, -0.25) is 4.90 Å². The number of oxime groups is 1. The van der Waals surface area contributed by atoms with E-state index in [-0.39, 0.29) is 12.8 Å². The SMILES string of the molecule is COc1c2c(cc3c1[C@H](CC(=NO)c1ccc(C)cc1)N(C)CC3)OCO2. The quantitative estimate of drug-likeness (QED) is 0.508. The summed E-state index contributed by atoms with van der Waals surface area (Å²) in [7, 11) is 3.74. The summed E-state index contributed by atoms with van der Waals surface area (Å²) in [5.41, 5.74) is 5.03. The van der Waals surface area contributed by atoms with Gasteiger partial charge in [0.15, 0.2) is 11.5 Å². The molecule has 2 aliphatic rings. The summed E-state index contributed by atoms with van der Waals surface area (Å²) < 4.78 is 17.0. The second kappa shape index (κ2) is 7.12. The average molecular weight is 368 g/mol. The molecule has 6 nitrogen and oxygen atoms in total. The average Bonchev–Trinajstić information content (AvgIpc) is 3.15. The fraction of sp³-hybridized carbons (Fsp3) is 0.381. The Morgan fingerprint density at radius 3 is 2.78 bits per heavy atom. The first kappa shape index (κ1) is 17.7. The number of methoxy groups -OCH3 is 1. The molecule has 0 spiro atoms. The third kappa shape index (κ3) is 3.10. The van der Waals surface area contributed by atoms with E-state index < -0.39 is 0 Å². The summed E-state index contributed by atoms with van der Waals surface area (Å²) in [6.07, 6.45) is 1.48. The van der Waals surface area contributed by atoms with Crippen molar-refractivity contribution in [1.82, 2.24) is 4.90 Å². The molecule has 6 heteroatoms. The van der Waals surface area contributed by atoms with E-state index in [2.05, 4.69) is 23.2 Å². The maximum atomic E-state index is 9.69. The monoisotopic (exact) mass is 368 g/mol. The normalized spacial score (nSPS) is 19.1. The van der Waals surface area contributed by atoms with Gasteiger partial charge in [-0.1, -0.05) is 35.0 Å². The maximum Gasteiger partial charge on any atom is 0.231 e. The van der Waals surface area contributed by atoms with Crippen LogP contribution in [0.3, 0.4) is 0 Å². The number of hydrogen-bond acceptors (Lipinski definition) is 6. The van der Waals surface area contributed by atoms with E-state index in [0.717, 1.165) is 35.6 Å². The molecule has 0 radical (unpaired) electrons.